The van der Waals surface area contributed by atoms with Gasteiger partial charge in [-0.3, -0.25) is 9.00 Å². The zero-order valence-electron chi connectivity index (χ0n) is 17.2. The van der Waals surface area contributed by atoms with E-state index in [0.29, 0.717) is 30.5 Å². The molecule has 2 fully saturated rings. The number of allylic oxidation sites excluding steroid dienone is 2. The van der Waals surface area contributed by atoms with Crippen LogP contribution in [0.2, 0.25) is 0 Å². The summed E-state index contributed by atoms with van der Waals surface area (Å²) in [7, 11) is -0.750. The highest BCUT2D eigenvalue weighted by Gasteiger charge is 2.47. The minimum Gasteiger partial charge on any atom is -0.481 e. The molecular formula is C24H34O4S. The number of carboxylic acid groups (broad SMARTS) is 1. The zero-order chi connectivity index (χ0) is 20.5. The van der Waals surface area contributed by atoms with Gasteiger partial charge < -0.3 is 9.84 Å². The van der Waals surface area contributed by atoms with Crippen molar-refractivity contribution in [3.63, 3.8) is 0 Å². The highest BCUT2D eigenvalue weighted by Crippen LogP contribution is 2.46. The topological polar surface area (TPSA) is 63.6 Å². The lowest BCUT2D eigenvalue weighted by molar-refractivity contribution is -0.137. The predicted octanol–water partition coefficient (Wildman–Crippen LogP) is 4.75. The molecule has 0 radical (unpaired) electrons. The van der Waals surface area contributed by atoms with Crippen LogP contribution in [0.4, 0.5) is 0 Å². The second-order valence-corrected chi connectivity index (χ2v) is 10.0. The van der Waals surface area contributed by atoms with Crippen molar-refractivity contribution in [1.82, 2.24) is 0 Å². The fourth-order valence-electron chi connectivity index (χ4n) is 4.79. The van der Waals surface area contributed by atoms with Gasteiger partial charge in [0.1, 0.15) is 0 Å². The van der Waals surface area contributed by atoms with E-state index in [-0.39, 0.29) is 6.42 Å². The van der Waals surface area contributed by atoms with Crippen LogP contribution in [0.1, 0.15) is 56.9 Å². The van der Waals surface area contributed by atoms with Crippen molar-refractivity contribution in [1.29, 1.82) is 0 Å². The Morgan fingerprint density at radius 2 is 1.83 bits per heavy atom. The molecule has 29 heavy (non-hydrogen) atoms. The van der Waals surface area contributed by atoms with Crippen LogP contribution in [0.15, 0.2) is 42.5 Å². The van der Waals surface area contributed by atoms with Crippen LogP contribution in [-0.4, -0.2) is 39.0 Å². The van der Waals surface area contributed by atoms with Gasteiger partial charge in [-0.15, -0.1) is 0 Å². The normalized spacial score (nSPS) is 26.9. The molecule has 3 rings (SSSR count). The van der Waals surface area contributed by atoms with Crippen molar-refractivity contribution in [2.75, 3.05) is 11.5 Å². The predicted molar refractivity (Wildman–Crippen MR) is 117 cm³/mol. The summed E-state index contributed by atoms with van der Waals surface area (Å²) in [6.07, 6.45) is 13.1. The smallest absolute Gasteiger partial charge is 0.303 e. The van der Waals surface area contributed by atoms with Crippen LogP contribution in [0.3, 0.4) is 0 Å². The molecular weight excluding hydrogens is 384 g/mol. The molecule has 0 aromatic heterocycles. The molecule has 1 unspecified atom stereocenters. The first-order valence-electron chi connectivity index (χ1n) is 11.0. The fraction of sp³-hybridized carbons (Fsp3) is 0.625. The summed E-state index contributed by atoms with van der Waals surface area (Å²) < 4.78 is 18.7. The molecule has 4 nitrogen and oxygen atoms in total. The van der Waals surface area contributed by atoms with Crippen LogP contribution in [-0.2, 0) is 26.8 Å². The van der Waals surface area contributed by atoms with Gasteiger partial charge in [-0.2, -0.15) is 0 Å². The Hall–Kier alpha value is -1.46. The largest absolute Gasteiger partial charge is 0.481 e. The van der Waals surface area contributed by atoms with E-state index in [4.69, 9.17) is 9.84 Å². The Balaban J connectivity index is 1.37. The van der Waals surface area contributed by atoms with Crippen LogP contribution in [0.5, 0.6) is 0 Å². The number of carbonyl (C=O) groups is 1. The van der Waals surface area contributed by atoms with Gasteiger partial charge in [0, 0.05) is 28.7 Å². The summed E-state index contributed by atoms with van der Waals surface area (Å²) in [4.78, 5) is 10.6. The molecule has 2 bridgehead atoms. The van der Waals surface area contributed by atoms with E-state index in [1.807, 2.05) is 6.07 Å². The fourth-order valence-corrected chi connectivity index (χ4v) is 6.00. The number of hydrogen-bond acceptors (Lipinski definition) is 3. The number of ether oxygens (including phenoxy) is 1. The number of aliphatic carboxylic acids is 1. The van der Waals surface area contributed by atoms with Gasteiger partial charge in [0.15, 0.2) is 0 Å². The van der Waals surface area contributed by atoms with Crippen molar-refractivity contribution in [3.05, 3.63) is 48.0 Å². The summed E-state index contributed by atoms with van der Waals surface area (Å²) in [5, 5.41) is 8.70. The molecule has 5 heteroatoms. The molecule has 1 aromatic carbocycles. The molecule has 1 aromatic rings. The minimum atomic E-state index is -0.750. The van der Waals surface area contributed by atoms with Crippen molar-refractivity contribution < 1.29 is 18.8 Å². The van der Waals surface area contributed by atoms with E-state index >= 15 is 0 Å². The molecule has 0 aliphatic carbocycles. The summed E-state index contributed by atoms with van der Waals surface area (Å²) >= 11 is 0. The highest BCUT2D eigenvalue weighted by atomic mass is 32.2. The molecule has 2 aliphatic heterocycles. The quantitative estimate of drug-likeness (QED) is 0.371. The number of rotatable bonds is 13. The minimum absolute atomic E-state index is 0.236. The molecule has 1 N–H and O–H groups in total. The van der Waals surface area contributed by atoms with Gasteiger partial charge in [-0.25, -0.2) is 0 Å². The van der Waals surface area contributed by atoms with Crippen molar-refractivity contribution in [2.24, 2.45) is 11.8 Å². The van der Waals surface area contributed by atoms with Gasteiger partial charge >= 0.3 is 5.97 Å². The summed E-state index contributed by atoms with van der Waals surface area (Å²) in [6.45, 7) is 0. The van der Waals surface area contributed by atoms with Crippen molar-refractivity contribution in [3.8, 4) is 0 Å². The van der Waals surface area contributed by atoms with Crippen LogP contribution < -0.4 is 0 Å². The maximum atomic E-state index is 12.5. The number of benzene rings is 1. The Bertz CT molecular complexity index is 687. The third kappa shape index (κ3) is 7.07. The van der Waals surface area contributed by atoms with Crippen LogP contribution >= 0.6 is 0 Å². The van der Waals surface area contributed by atoms with Gasteiger partial charge in [0.25, 0.3) is 0 Å². The molecule has 2 aliphatic rings. The second-order valence-electron chi connectivity index (χ2n) is 8.34. The first-order valence-corrected chi connectivity index (χ1v) is 12.5. The number of hydrogen-bond donors (Lipinski definition) is 1. The van der Waals surface area contributed by atoms with Crippen LogP contribution in [0.25, 0.3) is 0 Å². The average Bonchev–Trinajstić information content (AvgIpc) is 3.31. The van der Waals surface area contributed by atoms with E-state index in [1.54, 1.807) is 0 Å². The lowest BCUT2D eigenvalue weighted by Crippen LogP contribution is -2.28. The summed E-state index contributed by atoms with van der Waals surface area (Å²) in [5.74, 6) is 1.90. The Labute approximate surface area is 177 Å². The number of unbranched alkanes of at least 4 members (excludes halogenated alkanes) is 1. The molecule has 0 spiro atoms. The van der Waals surface area contributed by atoms with Gasteiger partial charge in [-0.1, -0.05) is 42.5 Å². The first kappa shape index (κ1) is 22.2. The monoisotopic (exact) mass is 418 g/mol. The van der Waals surface area contributed by atoms with Crippen molar-refractivity contribution in [2.45, 2.75) is 70.0 Å². The Morgan fingerprint density at radius 3 is 2.59 bits per heavy atom. The molecule has 5 atom stereocenters. The van der Waals surface area contributed by atoms with E-state index in [0.717, 1.165) is 56.5 Å². The summed E-state index contributed by atoms with van der Waals surface area (Å²) in [6, 6.07) is 10.4. The zero-order valence-corrected chi connectivity index (χ0v) is 18.0. The number of aryl methyl sites for hydroxylation is 1. The molecule has 0 amide bonds. The van der Waals surface area contributed by atoms with Crippen LogP contribution in [0, 0.1) is 11.8 Å². The van der Waals surface area contributed by atoms with Crippen molar-refractivity contribution >= 4 is 16.8 Å². The highest BCUT2D eigenvalue weighted by molar-refractivity contribution is 7.84. The third-order valence-electron chi connectivity index (χ3n) is 6.29. The SMILES string of the molecule is O=C(O)CCCC=CC[C@@H]1[C@H](CCS(=O)CCCc2ccccc2)[C@@H]2CC[C@H]1O2. The lowest BCUT2D eigenvalue weighted by Gasteiger charge is -2.27. The molecule has 2 saturated heterocycles. The molecule has 0 saturated carbocycles. The number of carboxylic acids is 1. The number of fused-ring (bicyclic) bond motifs is 2. The van der Waals surface area contributed by atoms with E-state index in [2.05, 4.69) is 36.4 Å². The van der Waals surface area contributed by atoms with Gasteiger partial charge in [0.2, 0.25) is 0 Å². The maximum absolute atomic E-state index is 12.5. The van der Waals surface area contributed by atoms with Gasteiger partial charge in [-0.05, 0) is 68.8 Å². The standard InChI is InChI=1S/C24H34O4S/c25-24(26)13-7-2-1-6-12-20-21(23-15-14-22(20)28-23)16-18-29(27)17-8-11-19-9-4-3-5-10-19/h1,3-6,9-10,20-23H,2,7-8,11-18H2,(H,25,26)/t20-,21+,22-,23+,29?/m1/s1. The van der Waals surface area contributed by atoms with E-state index < -0.39 is 16.8 Å². The lowest BCUT2D eigenvalue weighted by atomic mass is 9.76. The average molecular weight is 419 g/mol. The summed E-state index contributed by atoms with van der Waals surface area (Å²) in [5.41, 5.74) is 1.32. The second kappa shape index (κ2) is 11.7. The Morgan fingerprint density at radius 1 is 1.07 bits per heavy atom. The maximum Gasteiger partial charge on any atom is 0.303 e. The van der Waals surface area contributed by atoms with E-state index in [9.17, 15) is 9.00 Å². The third-order valence-corrected chi connectivity index (χ3v) is 7.72. The first-order chi connectivity index (χ1) is 14.1. The molecule has 2 heterocycles. The van der Waals surface area contributed by atoms with E-state index in [1.165, 1.54) is 5.56 Å². The Kier molecular flexibility index (Phi) is 8.93. The molecule has 160 valence electrons. The van der Waals surface area contributed by atoms with Gasteiger partial charge in [0.05, 0.1) is 12.2 Å².